The summed E-state index contributed by atoms with van der Waals surface area (Å²) in [5.41, 5.74) is 42.6. The Morgan fingerprint density at radius 1 is 0.333 bits per heavy atom. The van der Waals surface area contributed by atoms with Crippen molar-refractivity contribution in [2.75, 3.05) is 14.2 Å². The van der Waals surface area contributed by atoms with E-state index in [4.69, 9.17) is 26.5 Å². The quantitative estimate of drug-likeness (QED) is 0.101. The fourth-order valence-corrected chi connectivity index (χ4v) is 35.7. The normalized spacial score (nSPS) is 21.9. The van der Waals surface area contributed by atoms with Gasteiger partial charge in [0.1, 0.15) is 11.5 Å². The maximum atomic E-state index is 6.68. The van der Waals surface area contributed by atoms with Crippen LogP contribution in [0.15, 0.2) is 131 Å². The van der Waals surface area contributed by atoms with Gasteiger partial charge in [0.2, 0.25) is 0 Å². The predicted octanol–water partition coefficient (Wildman–Crippen LogP) is 37.6. The van der Waals surface area contributed by atoms with Gasteiger partial charge < -0.3 is 24.3 Å². The van der Waals surface area contributed by atoms with E-state index in [0.29, 0.717) is 57.7 Å². The number of rotatable bonds is 10. The van der Waals surface area contributed by atoms with Crippen molar-refractivity contribution in [1.82, 2.24) is 0 Å². The standard InChI is InChI=1S/C60H92OSi.C60H84OSi.2CH3.2ClH.Zr/c2*1-35-25-44-46(33-48(59(16,17)18)37(3)50(44)38-27-40(55(4,5)6)31-41(28-38)56(7,8)9)53(35)62(23,24)54-36(2)26-45-47(54)34-49(60(19,20)21)52(61-22)51(45)39-29-42(57(10,11)12)32-43(30-39)58(13,14)15;;;;;/h27-36,44-47,53-54H,25-26H2,1-24H3;25-34,53-54H,1-24H3;2*1H3;2*1H;/q;;2*-1;;;+4/p-2. The summed E-state index contributed by atoms with van der Waals surface area (Å²) in [5.74, 6) is 5.52. The van der Waals surface area contributed by atoms with Crippen LogP contribution in [0, 0.1) is 68.1 Å². The van der Waals surface area contributed by atoms with Crippen molar-refractivity contribution in [1.29, 1.82) is 0 Å². The van der Waals surface area contributed by atoms with Gasteiger partial charge in [0.05, 0.1) is 30.4 Å². The summed E-state index contributed by atoms with van der Waals surface area (Å²) in [7, 11) is 9.42. The minimum atomic E-state index is -2.26. The SMILES string of the molecule is COC1=C(c2cc(C(C)(C)C)cc(C(C)(C)C)c2)C2CC(C)C([Si](C)(C)C3C(C)CC4C(c5cc(C(C)(C)C)cc(C(C)(C)C)c5)=C(C)C(C(C)(C)C)=CC43)C2C=C1C(C)(C)C.COc1c(C(C)(C)C)cc2c(c1-c1cc(C(C)(C)C)cc(C(C)(C)C)c1)C=C(C)C2[Si](C)(C)C1C(C)=Cc2c1cc(C(C)(C)C)c(C)c2-c1cc(C(C)(C)C)cc(C(C)(C)C)c1.[CH3-].[CH3-].[Cl][Zr+2][Cl]. The number of fused-ring (bicyclic) bond motifs is 4. The Balaban J connectivity index is 0.000000305. The van der Waals surface area contributed by atoms with E-state index < -0.39 is 37.0 Å². The first kappa shape index (κ1) is 110. The zero-order valence-corrected chi connectivity index (χ0v) is 97.6. The molecule has 0 radical (unpaired) electrons. The zero-order valence-electron chi connectivity index (χ0n) is 91.7. The van der Waals surface area contributed by atoms with Gasteiger partial charge in [-0.1, -0.05) is 410 Å². The second-order valence-electron chi connectivity index (χ2n) is 54.3. The van der Waals surface area contributed by atoms with Crippen LogP contribution in [0.2, 0.25) is 37.3 Å². The first-order chi connectivity index (χ1) is 57.4. The van der Waals surface area contributed by atoms with Crippen molar-refractivity contribution >= 4 is 56.5 Å². The van der Waals surface area contributed by atoms with Gasteiger partial charge in [-0.25, -0.2) is 0 Å². The molecule has 6 aromatic carbocycles. The molecule has 12 rings (SSSR count). The zero-order chi connectivity index (χ0) is 96.4. The summed E-state index contributed by atoms with van der Waals surface area (Å²) >= 11 is -0.826. The molecule has 2 saturated carbocycles. The molecule has 6 aliphatic rings. The Morgan fingerprint density at radius 3 is 0.907 bits per heavy atom. The fraction of sp³-hybridized carbons (Fsp3) is 0.590. The molecule has 6 aromatic rings. The summed E-state index contributed by atoms with van der Waals surface area (Å²) in [6, 6.07) is 35.4. The van der Waals surface area contributed by atoms with E-state index in [1.807, 2.05) is 14.2 Å². The molecule has 0 bridgehead atoms. The molecule has 10 unspecified atom stereocenters. The van der Waals surface area contributed by atoms with Crippen LogP contribution in [0.5, 0.6) is 5.75 Å². The van der Waals surface area contributed by atoms with Crippen LogP contribution in [0.3, 0.4) is 0 Å². The van der Waals surface area contributed by atoms with Crippen molar-refractivity contribution < 1.29 is 30.3 Å². The molecular weight excluding hydrogens is 1720 g/mol. The Kier molecular flexibility index (Phi) is 31.7. The van der Waals surface area contributed by atoms with Gasteiger partial charge in [-0.15, -0.1) is 0 Å². The molecular formula is C122H182Cl2O2Si2Zr. The van der Waals surface area contributed by atoms with Crippen molar-refractivity contribution in [2.45, 2.75) is 406 Å². The molecule has 2 fully saturated rings. The minimum absolute atomic E-state index is 0. The average Bonchev–Trinajstić information content (AvgIpc) is 1.57. The second kappa shape index (κ2) is 37.3. The Morgan fingerprint density at radius 2 is 0.612 bits per heavy atom. The molecule has 10 atom stereocenters. The molecule has 708 valence electrons. The van der Waals surface area contributed by atoms with Crippen LogP contribution in [0.25, 0.3) is 45.6 Å². The van der Waals surface area contributed by atoms with Crippen LogP contribution in [0.4, 0.5) is 0 Å². The predicted molar refractivity (Wildman–Crippen MR) is 578 cm³/mol. The molecule has 2 nitrogen and oxygen atoms in total. The van der Waals surface area contributed by atoms with Gasteiger partial charge in [-0.05, 0) is 280 Å². The van der Waals surface area contributed by atoms with Gasteiger partial charge >= 0.3 is 37.9 Å². The molecule has 6 aliphatic carbocycles. The number of methoxy groups -OCH3 is 2. The summed E-state index contributed by atoms with van der Waals surface area (Å²) < 4.78 is 13.3. The third-order valence-corrected chi connectivity index (χ3v) is 40.8. The van der Waals surface area contributed by atoms with E-state index >= 15 is 0 Å². The van der Waals surface area contributed by atoms with Gasteiger partial charge in [-0.2, -0.15) is 0 Å². The maximum absolute atomic E-state index is 6.68. The van der Waals surface area contributed by atoms with E-state index in [0.717, 1.165) is 11.5 Å². The molecule has 0 aromatic heterocycles. The van der Waals surface area contributed by atoms with Gasteiger partial charge in [-0.3, -0.25) is 0 Å². The summed E-state index contributed by atoms with van der Waals surface area (Å²) in [4.78, 5) is 0. The van der Waals surface area contributed by atoms with Crippen LogP contribution >= 0.6 is 17.0 Å². The third-order valence-electron chi connectivity index (χ3n) is 31.0. The van der Waals surface area contributed by atoms with E-state index in [2.05, 4.69) is 426 Å². The molecule has 0 saturated heterocycles. The molecule has 0 aliphatic heterocycles. The van der Waals surface area contributed by atoms with E-state index in [1.165, 1.54) is 146 Å². The van der Waals surface area contributed by atoms with Crippen molar-refractivity contribution in [3.63, 3.8) is 0 Å². The number of ether oxygens (including phenoxy) is 2. The molecule has 0 heterocycles. The number of hydrogen-bond acceptors (Lipinski definition) is 2. The van der Waals surface area contributed by atoms with E-state index in [1.54, 1.807) is 22.3 Å². The molecule has 0 spiro atoms. The molecule has 0 N–H and O–H groups in total. The van der Waals surface area contributed by atoms with Gasteiger partial charge in [0.25, 0.3) is 0 Å². The first-order valence-electron chi connectivity index (χ1n) is 48.8. The Labute approximate surface area is 814 Å². The van der Waals surface area contributed by atoms with Crippen molar-refractivity contribution in [3.8, 4) is 28.0 Å². The van der Waals surface area contributed by atoms with E-state index in [9.17, 15) is 0 Å². The van der Waals surface area contributed by atoms with Crippen LogP contribution in [-0.4, -0.2) is 30.4 Å². The Hall–Kier alpha value is -4.74. The average molecular weight is 1900 g/mol. The van der Waals surface area contributed by atoms with Crippen LogP contribution in [-0.2, 0) is 79.7 Å². The van der Waals surface area contributed by atoms with Gasteiger partial charge in [0.15, 0.2) is 0 Å². The number of halogens is 2. The van der Waals surface area contributed by atoms with E-state index in [-0.39, 0.29) is 79.8 Å². The van der Waals surface area contributed by atoms with Crippen LogP contribution in [0.1, 0.15) is 402 Å². The summed E-state index contributed by atoms with van der Waals surface area (Å²) in [5, 5.41) is 0. The summed E-state index contributed by atoms with van der Waals surface area (Å²) in [6.45, 7) is 112. The third kappa shape index (κ3) is 22.0. The van der Waals surface area contributed by atoms with Crippen LogP contribution < -0.4 is 4.74 Å². The Bertz CT molecular complexity index is 5240. The van der Waals surface area contributed by atoms with Crippen molar-refractivity contribution in [2.24, 2.45) is 46.3 Å². The summed E-state index contributed by atoms with van der Waals surface area (Å²) in [6.07, 6.45) is 13.3. The van der Waals surface area contributed by atoms with Crippen molar-refractivity contribution in [3.05, 3.63) is 240 Å². The molecule has 7 heteroatoms. The number of hydrogen-bond donors (Lipinski definition) is 0. The van der Waals surface area contributed by atoms with Gasteiger partial charge in [0, 0.05) is 27.8 Å². The fourth-order valence-electron chi connectivity index (χ4n) is 24.5. The topological polar surface area (TPSA) is 18.5 Å². The number of allylic oxidation sites excluding steroid dienone is 9. The number of benzene rings is 6. The first-order valence-corrected chi connectivity index (χ1v) is 61.4. The second-order valence-corrected chi connectivity index (χ2v) is 67.8. The molecule has 0 amide bonds. The monoisotopic (exact) mass is 1900 g/mol. The molecule has 129 heavy (non-hydrogen) atoms.